The second-order valence-electron chi connectivity index (χ2n) is 6.93. The van der Waals surface area contributed by atoms with Crippen LogP contribution >= 0.6 is 11.3 Å². The predicted molar refractivity (Wildman–Crippen MR) is 114 cm³/mol. The second kappa shape index (κ2) is 8.13. The first-order valence-corrected chi connectivity index (χ1v) is 11.7. The van der Waals surface area contributed by atoms with Gasteiger partial charge in [0.1, 0.15) is 0 Å². The van der Waals surface area contributed by atoms with Crippen molar-refractivity contribution in [2.45, 2.75) is 24.2 Å². The Labute approximate surface area is 178 Å². The van der Waals surface area contributed by atoms with E-state index < -0.39 is 10.0 Å². The molecule has 0 atom stereocenters. The number of benzene rings is 1. The summed E-state index contributed by atoms with van der Waals surface area (Å²) in [6.45, 7) is 0.264. The first-order valence-electron chi connectivity index (χ1n) is 9.37. The van der Waals surface area contributed by atoms with Crippen LogP contribution in [0.3, 0.4) is 0 Å². The third-order valence-corrected chi connectivity index (χ3v) is 7.44. The molecule has 3 aromatic rings. The number of carbonyl (C=O) groups is 2. The van der Waals surface area contributed by atoms with Gasteiger partial charge in [-0.25, -0.2) is 13.1 Å². The molecule has 3 heterocycles. The number of thiophene rings is 1. The van der Waals surface area contributed by atoms with Gasteiger partial charge in [0.05, 0.1) is 16.8 Å². The van der Waals surface area contributed by atoms with Gasteiger partial charge >= 0.3 is 0 Å². The zero-order chi connectivity index (χ0) is 21.3. The van der Waals surface area contributed by atoms with E-state index in [0.29, 0.717) is 12.1 Å². The number of aryl methyl sites for hydroxylation is 1. The molecule has 10 heteroatoms. The third kappa shape index (κ3) is 4.20. The Hall–Kier alpha value is -2.82. The van der Waals surface area contributed by atoms with Crippen LogP contribution in [0.15, 0.2) is 53.7 Å². The van der Waals surface area contributed by atoms with Gasteiger partial charge in [0.2, 0.25) is 21.8 Å². The van der Waals surface area contributed by atoms with Crippen LogP contribution in [0.1, 0.15) is 17.7 Å². The van der Waals surface area contributed by atoms with Crippen molar-refractivity contribution in [3.63, 3.8) is 0 Å². The highest BCUT2D eigenvalue weighted by Crippen LogP contribution is 2.28. The Morgan fingerprint density at radius 3 is 2.40 bits per heavy atom. The van der Waals surface area contributed by atoms with E-state index in [1.807, 2.05) is 25.4 Å². The molecule has 8 nitrogen and oxygen atoms in total. The number of sulfonamides is 1. The Morgan fingerprint density at radius 2 is 1.77 bits per heavy atom. The molecule has 1 aliphatic rings. The summed E-state index contributed by atoms with van der Waals surface area (Å²) < 4.78 is 29.4. The largest absolute Gasteiger partial charge is 0.275 e. The van der Waals surface area contributed by atoms with E-state index in [0.717, 1.165) is 20.2 Å². The molecular formula is C20H20N4O4S2. The molecular weight excluding hydrogens is 424 g/mol. The fourth-order valence-corrected chi connectivity index (χ4v) is 5.26. The maximum Gasteiger partial charge on any atom is 0.240 e. The first-order chi connectivity index (χ1) is 14.3. The molecule has 30 heavy (non-hydrogen) atoms. The van der Waals surface area contributed by atoms with Crippen molar-refractivity contribution in [2.75, 3.05) is 11.4 Å². The molecule has 1 saturated heterocycles. The van der Waals surface area contributed by atoms with Gasteiger partial charge in [-0.3, -0.25) is 19.2 Å². The lowest BCUT2D eigenvalue weighted by molar-refractivity contribution is -0.121. The van der Waals surface area contributed by atoms with Crippen molar-refractivity contribution in [1.29, 1.82) is 0 Å². The summed E-state index contributed by atoms with van der Waals surface area (Å²) in [5.41, 5.74) is 1.42. The van der Waals surface area contributed by atoms with Crippen molar-refractivity contribution >= 4 is 38.9 Å². The lowest BCUT2D eigenvalue weighted by atomic mass is 10.3. The minimum Gasteiger partial charge on any atom is -0.275 e. The zero-order valence-corrected chi connectivity index (χ0v) is 17.9. The Kier molecular flexibility index (Phi) is 5.54. The predicted octanol–water partition coefficient (Wildman–Crippen LogP) is 2.32. The lowest BCUT2D eigenvalue weighted by Gasteiger charge is -2.14. The van der Waals surface area contributed by atoms with Crippen LogP contribution in [0.4, 0.5) is 5.69 Å². The van der Waals surface area contributed by atoms with Crippen LogP contribution in [0.2, 0.25) is 0 Å². The summed E-state index contributed by atoms with van der Waals surface area (Å²) in [6.07, 6.45) is 4.67. The standard InChI is InChI=1S/C20H20N4O4S2/c1-23-13-14(12-21-23)18-7-4-16(29-18)10-11-22-30(27,28)17-5-2-15(3-6-17)24-19(25)8-9-20(24)26/h2-7,12-13,22H,8-11H2,1H3. The van der Waals surface area contributed by atoms with Crippen LogP contribution in [0, 0.1) is 0 Å². The van der Waals surface area contributed by atoms with Gasteiger partial charge in [0, 0.05) is 47.9 Å². The van der Waals surface area contributed by atoms with Crippen LogP contribution in [0.5, 0.6) is 0 Å². The molecule has 0 bridgehead atoms. The van der Waals surface area contributed by atoms with Crippen LogP contribution in [-0.2, 0) is 33.1 Å². The molecule has 4 rings (SSSR count). The van der Waals surface area contributed by atoms with Crippen molar-refractivity contribution in [2.24, 2.45) is 7.05 Å². The van der Waals surface area contributed by atoms with Gasteiger partial charge in [-0.05, 0) is 42.8 Å². The Bertz CT molecular complexity index is 1180. The average Bonchev–Trinajstić information content (AvgIpc) is 3.43. The molecule has 1 aliphatic heterocycles. The van der Waals surface area contributed by atoms with E-state index in [2.05, 4.69) is 9.82 Å². The second-order valence-corrected chi connectivity index (χ2v) is 9.87. The number of aromatic nitrogens is 2. The SMILES string of the molecule is Cn1cc(-c2ccc(CCNS(=O)(=O)c3ccc(N4C(=O)CCC4=O)cc3)s2)cn1. The molecule has 156 valence electrons. The fraction of sp³-hybridized carbons (Fsp3) is 0.250. The molecule has 0 aliphatic carbocycles. The van der Waals surface area contributed by atoms with Crippen LogP contribution < -0.4 is 9.62 Å². The highest BCUT2D eigenvalue weighted by Gasteiger charge is 2.30. The van der Waals surface area contributed by atoms with Gasteiger partial charge < -0.3 is 0 Å². The zero-order valence-electron chi connectivity index (χ0n) is 16.2. The number of nitrogens with one attached hydrogen (secondary N) is 1. The Morgan fingerprint density at radius 1 is 1.07 bits per heavy atom. The number of hydrogen-bond donors (Lipinski definition) is 1. The van der Waals surface area contributed by atoms with Crippen LogP contribution in [0.25, 0.3) is 10.4 Å². The van der Waals surface area contributed by atoms with E-state index >= 15 is 0 Å². The van der Waals surface area contributed by atoms with Crippen LogP contribution in [-0.4, -0.2) is 36.6 Å². The highest BCUT2D eigenvalue weighted by molar-refractivity contribution is 7.89. The molecule has 0 spiro atoms. The molecule has 0 saturated carbocycles. The maximum atomic E-state index is 12.5. The van der Waals surface area contributed by atoms with Gasteiger partial charge in [-0.15, -0.1) is 11.3 Å². The summed E-state index contributed by atoms with van der Waals surface area (Å²) in [6, 6.07) is 9.76. The summed E-state index contributed by atoms with van der Waals surface area (Å²) >= 11 is 1.60. The smallest absolute Gasteiger partial charge is 0.240 e. The maximum absolute atomic E-state index is 12.5. The summed E-state index contributed by atoms with van der Waals surface area (Å²) in [4.78, 5) is 27.0. The van der Waals surface area contributed by atoms with E-state index in [4.69, 9.17) is 0 Å². The number of anilines is 1. The van der Waals surface area contributed by atoms with Gasteiger partial charge in [0.25, 0.3) is 0 Å². The number of rotatable bonds is 7. The van der Waals surface area contributed by atoms with E-state index in [1.165, 1.54) is 24.3 Å². The molecule has 1 fully saturated rings. The molecule has 1 N–H and O–H groups in total. The minimum absolute atomic E-state index is 0.0903. The number of nitrogens with zero attached hydrogens (tertiary/aromatic N) is 3. The number of hydrogen-bond acceptors (Lipinski definition) is 6. The first kappa shape index (κ1) is 20.5. The summed E-state index contributed by atoms with van der Waals surface area (Å²) in [5.74, 6) is -0.536. The number of carbonyl (C=O) groups excluding carboxylic acids is 2. The van der Waals surface area contributed by atoms with Gasteiger partial charge in [0.15, 0.2) is 0 Å². The molecule has 0 unspecified atom stereocenters. The lowest BCUT2D eigenvalue weighted by Crippen LogP contribution is -2.29. The number of amides is 2. The Balaban J connectivity index is 1.37. The van der Waals surface area contributed by atoms with E-state index in [9.17, 15) is 18.0 Å². The fourth-order valence-electron chi connectivity index (χ4n) is 3.25. The molecule has 2 amide bonds. The minimum atomic E-state index is -3.69. The van der Waals surface area contributed by atoms with Gasteiger partial charge in [-0.2, -0.15) is 5.10 Å². The van der Waals surface area contributed by atoms with Crippen molar-refractivity contribution in [3.05, 3.63) is 53.7 Å². The average molecular weight is 445 g/mol. The van der Waals surface area contributed by atoms with E-state index in [-0.39, 0.29) is 36.1 Å². The van der Waals surface area contributed by atoms with Crippen molar-refractivity contribution < 1.29 is 18.0 Å². The number of imide groups is 1. The van der Waals surface area contributed by atoms with E-state index in [1.54, 1.807) is 22.2 Å². The topological polar surface area (TPSA) is 101 Å². The molecule has 2 aromatic heterocycles. The summed E-state index contributed by atoms with van der Waals surface area (Å²) in [5, 5.41) is 4.16. The quantitative estimate of drug-likeness (QED) is 0.564. The molecule has 0 radical (unpaired) electrons. The summed E-state index contributed by atoms with van der Waals surface area (Å²) in [7, 11) is -1.83. The normalized spacial score (nSPS) is 14.6. The van der Waals surface area contributed by atoms with Crippen molar-refractivity contribution in [3.8, 4) is 10.4 Å². The molecule has 1 aromatic carbocycles. The van der Waals surface area contributed by atoms with Crippen molar-refractivity contribution in [1.82, 2.24) is 14.5 Å². The third-order valence-electron chi connectivity index (χ3n) is 4.77. The van der Waals surface area contributed by atoms with Gasteiger partial charge in [-0.1, -0.05) is 0 Å². The highest BCUT2D eigenvalue weighted by atomic mass is 32.2. The monoisotopic (exact) mass is 444 g/mol.